The second-order valence-electron chi connectivity index (χ2n) is 3.68. The molecule has 0 aliphatic heterocycles. The van der Waals surface area contributed by atoms with Crippen LogP contribution in [0.5, 0.6) is 0 Å². The van der Waals surface area contributed by atoms with Gasteiger partial charge in [-0.25, -0.2) is 4.98 Å². The van der Waals surface area contributed by atoms with E-state index in [1.54, 1.807) is 7.11 Å². The zero-order valence-electron chi connectivity index (χ0n) is 8.25. The van der Waals surface area contributed by atoms with Crippen LogP contribution >= 0.6 is 0 Å². The van der Waals surface area contributed by atoms with Crippen molar-refractivity contribution >= 4 is 0 Å². The molecule has 1 aromatic heterocycles. The highest BCUT2D eigenvalue weighted by atomic mass is 16.5. The molecule has 1 aliphatic rings. The Morgan fingerprint density at radius 3 is 3.00 bits per heavy atom. The minimum atomic E-state index is -0.0750. The predicted octanol–water partition coefficient (Wildman–Crippen LogP) is 1.18. The lowest BCUT2D eigenvalue weighted by molar-refractivity contribution is 0.180. The molecule has 2 rings (SSSR count). The molecular weight excluding hydrogens is 180 g/mol. The van der Waals surface area contributed by atoms with Crippen LogP contribution in [-0.4, -0.2) is 17.1 Å². The smallest absolute Gasteiger partial charge is 0.251 e. The largest absolute Gasteiger partial charge is 0.378 e. The molecule has 76 valence electrons. The van der Waals surface area contributed by atoms with E-state index in [2.05, 4.69) is 9.97 Å². The van der Waals surface area contributed by atoms with E-state index in [1.165, 1.54) is 12.5 Å². The number of ether oxygens (including phenoxy) is 1. The molecule has 0 atom stereocenters. The Bertz CT molecular complexity index is 369. The first kappa shape index (κ1) is 9.40. The second-order valence-corrected chi connectivity index (χ2v) is 3.68. The van der Waals surface area contributed by atoms with Crippen LogP contribution in [-0.2, 0) is 11.3 Å². The summed E-state index contributed by atoms with van der Waals surface area (Å²) in [6, 6.07) is 1.49. The van der Waals surface area contributed by atoms with E-state index in [1.807, 2.05) is 0 Å². The van der Waals surface area contributed by atoms with Gasteiger partial charge in [0.25, 0.3) is 5.56 Å². The Kier molecular flexibility index (Phi) is 2.63. The summed E-state index contributed by atoms with van der Waals surface area (Å²) < 4.78 is 4.95. The van der Waals surface area contributed by atoms with Gasteiger partial charge in [0.05, 0.1) is 12.3 Å². The van der Waals surface area contributed by atoms with Crippen LogP contribution in [0.2, 0.25) is 0 Å². The van der Waals surface area contributed by atoms with E-state index in [0.29, 0.717) is 12.5 Å². The maximum absolute atomic E-state index is 11.3. The van der Waals surface area contributed by atoms with Crippen molar-refractivity contribution in [2.24, 2.45) is 0 Å². The van der Waals surface area contributed by atoms with Gasteiger partial charge in [-0.2, -0.15) is 0 Å². The average molecular weight is 194 g/mol. The van der Waals surface area contributed by atoms with Crippen molar-refractivity contribution in [3.8, 4) is 0 Å². The Labute approximate surface area is 82.3 Å². The highest BCUT2D eigenvalue weighted by Gasteiger charge is 2.22. The Balaban J connectivity index is 2.26. The van der Waals surface area contributed by atoms with Gasteiger partial charge in [-0.15, -0.1) is 0 Å². The molecule has 1 aromatic rings. The number of nitrogens with one attached hydrogen (secondary N) is 1. The van der Waals surface area contributed by atoms with Gasteiger partial charge in [0, 0.05) is 19.1 Å². The van der Waals surface area contributed by atoms with Crippen molar-refractivity contribution in [2.75, 3.05) is 7.11 Å². The number of nitrogens with zero attached hydrogens (tertiary/aromatic N) is 1. The fourth-order valence-corrected chi connectivity index (χ4v) is 1.63. The number of methoxy groups -OCH3 is 1. The maximum Gasteiger partial charge on any atom is 0.251 e. The average Bonchev–Trinajstić information content (AvgIpc) is 1.99. The van der Waals surface area contributed by atoms with Gasteiger partial charge in [-0.3, -0.25) is 4.79 Å². The molecule has 1 heterocycles. The molecule has 0 amide bonds. The monoisotopic (exact) mass is 194 g/mol. The number of hydrogen-bond acceptors (Lipinski definition) is 3. The van der Waals surface area contributed by atoms with E-state index >= 15 is 0 Å². The first-order valence-corrected chi connectivity index (χ1v) is 4.88. The zero-order valence-corrected chi connectivity index (χ0v) is 8.25. The van der Waals surface area contributed by atoms with Crippen LogP contribution in [0, 0.1) is 0 Å². The predicted molar refractivity (Wildman–Crippen MR) is 52.2 cm³/mol. The molecule has 4 nitrogen and oxygen atoms in total. The third kappa shape index (κ3) is 1.85. The van der Waals surface area contributed by atoms with Crippen LogP contribution < -0.4 is 5.56 Å². The lowest BCUT2D eigenvalue weighted by Gasteiger charge is -2.24. The fraction of sp³-hybridized carbons (Fsp3) is 0.600. The number of aromatic nitrogens is 2. The van der Waals surface area contributed by atoms with Crippen molar-refractivity contribution in [2.45, 2.75) is 31.8 Å². The summed E-state index contributed by atoms with van der Waals surface area (Å²) in [5.74, 6) is 1.29. The van der Waals surface area contributed by atoms with Gasteiger partial charge >= 0.3 is 0 Å². The normalized spacial score (nSPS) is 16.6. The Morgan fingerprint density at radius 2 is 2.43 bits per heavy atom. The molecule has 1 N–H and O–H groups in total. The molecule has 0 spiro atoms. The van der Waals surface area contributed by atoms with Gasteiger partial charge in [0.1, 0.15) is 5.82 Å². The van der Waals surface area contributed by atoms with E-state index in [9.17, 15) is 4.79 Å². The van der Waals surface area contributed by atoms with Crippen molar-refractivity contribution < 1.29 is 4.74 Å². The summed E-state index contributed by atoms with van der Waals surface area (Å²) >= 11 is 0. The quantitative estimate of drug-likeness (QED) is 0.786. The SMILES string of the molecule is COCc1cc(=O)[nH]c(C2CCC2)n1. The van der Waals surface area contributed by atoms with E-state index in [0.717, 1.165) is 24.4 Å². The highest BCUT2D eigenvalue weighted by Crippen LogP contribution is 2.33. The summed E-state index contributed by atoms with van der Waals surface area (Å²) in [4.78, 5) is 18.4. The summed E-state index contributed by atoms with van der Waals surface area (Å²) in [5, 5.41) is 0. The molecule has 4 heteroatoms. The molecule has 14 heavy (non-hydrogen) atoms. The van der Waals surface area contributed by atoms with Crippen LogP contribution in [0.15, 0.2) is 10.9 Å². The third-order valence-electron chi connectivity index (χ3n) is 2.60. The number of aromatic amines is 1. The minimum Gasteiger partial charge on any atom is -0.378 e. The molecule has 1 aliphatic carbocycles. The topological polar surface area (TPSA) is 55.0 Å². The molecule has 0 radical (unpaired) electrons. The van der Waals surface area contributed by atoms with E-state index in [4.69, 9.17) is 4.74 Å². The highest BCUT2D eigenvalue weighted by molar-refractivity contribution is 5.07. The van der Waals surface area contributed by atoms with Gasteiger partial charge in [0.15, 0.2) is 0 Å². The van der Waals surface area contributed by atoms with Gasteiger partial charge in [0.2, 0.25) is 0 Å². The van der Waals surface area contributed by atoms with Crippen LogP contribution in [0.3, 0.4) is 0 Å². The standard InChI is InChI=1S/C10H14N2O2/c1-14-6-8-5-9(13)12-10(11-8)7-3-2-4-7/h5,7H,2-4,6H2,1H3,(H,11,12,13). The fourth-order valence-electron chi connectivity index (χ4n) is 1.63. The number of hydrogen-bond donors (Lipinski definition) is 1. The van der Waals surface area contributed by atoms with E-state index < -0.39 is 0 Å². The molecular formula is C10H14N2O2. The molecule has 0 aromatic carbocycles. The lowest BCUT2D eigenvalue weighted by atomic mass is 9.85. The minimum absolute atomic E-state index is 0.0750. The second kappa shape index (κ2) is 3.92. The third-order valence-corrected chi connectivity index (χ3v) is 2.60. The summed E-state index contributed by atoms with van der Waals surface area (Å²) in [6.07, 6.45) is 3.52. The van der Waals surface area contributed by atoms with Gasteiger partial charge in [-0.05, 0) is 12.8 Å². The van der Waals surface area contributed by atoms with E-state index in [-0.39, 0.29) is 5.56 Å². The van der Waals surface area contributed by atoms with Crippen LogP contribution in [0.1, 0.15) is 36.7 Å². The maximum atomic E-state index is 11.3. The Morgan fingerprint density at radius 1 is 1.64 bits per heavy atom. The molecule has 0 unspecified atom stereocenters. The molecule has 1 fully saturated rings. The summed E-state index contributed by atoms with van der Waals surface area (Å²) in [6.45, 7) is 0.406. The van der Waals surface area contributed by atoms with Gasteiger partial charge in [-0.1, -0.05) is 6.42 Å². The molecule has 1 saturated carbocycles. The number of rotatable bonds is 3. The van der Waals surface area contributed by atoms with Crippen molar-refractivity contribution in [1.29, 1.82) is 0 Å². The van der Waals surface area contributed by atoms with Crippen LogP contribution in [0.25, 0.3) is 0 Å². The van der Waals surface area contributed by atoms with Crippen LogP contribution in [0.4, 0.5) is 0 Å². The molecule has 0 bridgehead atoms. The zero-order chi connectivity index (χ0) is 9.97. The first-order chi connectivity index (χ1) is 6.79. The van der Waals surface area contributed by atoms with Crippen molar-refractivity contribution in [3.63, 3.8) is 0 Å². The van der Waals surface area contributed by atoms with Crippen molar-refractivity contribution in [1.82, 2.24) is 9.97 Å². The summed E-state index contributed by atoms with van der Waals surface area (Å²) in [7, 11) is 1.60. The summed E-state index contributed by atoms with van der Waals surface area (Å²) in [5.41, 5.74) is 0.645. The van der Waals surface area contributed by atoms with Gasteiger partial charge < -0.3 is 9.72 Å². The first-order valence-electron chi connectivity index (χ1n) is 4.88. The lowest BCUT2D eigenvalue weighted by Crippen LogP contribution is -2.19. The number of H-pyrrole nitrogens is 1. The Hall–Kier alpha value is -1.16. The molecule has 0 saturated heterocycles. The van der Waals surface area contributed by atoms with Crippen molar-refractivity contribution in [3.05, 3.63) is 27.9 Å².